The van der Waals surface area contributed by atoms with Crippen molar-refractivity contribution >= 4 is 5.69 Å². The van der Waals surface area contributed by atoms with E-state index in [1.165, 1.54) is 12.8 Å². The van der Waals surface area contributed by atoms with E-state index in [2.05, 4.69) is 44.3 Å². The van der Waals surface area contributed by atoms with Crippen LogP contribution in [0.2, 0.25) is 0 Å². The van der Waals surface area contributed by atoms with Crippen molar-refractivity contribution in [3.63, 3.8) is 0 Å². The van der Waals surface area contributed by atoms with E-state index in [4.69, 9.17) is 4.74 Å². The van der Waals surface area contributed by atoms with Gasteiger partial charge < -0.3 is 10.1 Å². The van der Waals surface area contributed by atoms with Gasteiger partial charge in [-0.2, -0.15) is 0 Å². The van der Waals surface area contributed by atoms with Crippen molar-refractivity contribution in [2.45, 2.75) is 46.1 Å². The van der Waals surface area contributed by atoms with Gasteiger partial charge in [0.1, 0.15) is 5.75 Å². The Morgan fingerprint density at radius 1 is 1.28 bits per heavy atom. The lowest BCUT2D eigenvalue weighted by atomic mass is 9.73. The van der Waals surface area contributed by atoms with Crippen LogP contribution in [0.4, 0.5) is 5.69 Å². The first kappa shape index (κ1) is 13.3. The fourth-order valence-corrected chi connectivity index (χ4v) is 2.47. The predicted molar refractivity (Wildman–Crippen MR) is 77.2 cm³/mol. The molecule has 1 fully saturated rings. The topological polar surface area (TPSA) is 21.3 Å². The van der Waals surface area contributed by atoms with E-state index in [-0.39, 0.29) is 0 Å². The largest absolute Gasteiger partial charge is 0.491 e. The smallest absolute Gasteiger partial charge is 0.142 e. The number of benzene rings is 1. The van der Waals surface area contributed by atoms with Gasteiger partial charge in [-0.15, -0.1) is 0 Å². The number of hydrogen-bond acceptors (Lipinski definition) is 2. The van der Waals surface area contributed by atoms with Crippen molar-refractivity contribution in [3.05, 3.63) is 24.3 Å². The highest BCUT2D eigenvalue weighted by Gasteiger charge is 2.31. The molecule has 0 atom stereocenters. The Balaban J connectivity index is 1.89. The number of para-hydroxylation sites is 2. The van der Waals surface area contributed by atoms with Gasteiger partial charge in [0.15, 0.2) is 0 Å². The third-order valence-corrected chi connectivity index (χ3v) is 3.83. The summed E-state index contributed by atoms with van der Waals surface area (Å²) in [5.74, 6) is 2.70. The molecule has 0 amide bonds. The molecule has 1 aromatic rings. The van der Waals surface area contributed by atoms with Crippen molar-refractivity contribution in [1.29, 1.82) is 0 Å². The minimum Gasteiger partial charge on any atom is -0.491 e. The molecule has 1 aliphatic carbocycles. The summed E-state index contributed by atoms with van der Waals surface area (Å²) in [5, 5.41) is 3.62. The number of anilines is 1. The van der Waals surface area contributed by atoms with E-state index in [1.54, 1.807) is 0 Å². The van der Waals surface area contributed by atoms with E-state index in [9.17, 15) is 0 Å². The molecule has 1 saturated carbocycles. The van der Waals surface area contributed by atoms with Crippen molar-refractivity contribution in [2.24, 2.45) is 11.8 Å². The molecule has 2 rings (SSSR count). The second-order valence-electron chi connectivity index (χ2n) is 5.66. The molecule has 100 valence electrons. The zero-order valence-electron chi connectivity index (χ0n) is 11.8. The lowest BCUT2D eigenvalue weighted by Crippen LogP contribution is -2.37. The molecule has 0 aliphatic heterocycles. The summed E-state index contributed by atoms with van der Waals surface area (Å²) >= 11 is 0. The minimum absolute atomic E-state index is 0.628. The van der Waals surface area contributed by atoms with Crippen LogP contribution in [0.3, 0.4) is 0 Å². The maximum absolute atomic E-state index is 5.77. The first-order valence-corrected chi connectivity index (χ1v) is 7.19. The number of hydrogen-bond donors (Lipinski definition) is 1. The quantitative estimate of drug-likeness (QED) is 0.808. The molecule has 18 heavy (non-hydrogen) atoms. The Kier molecular flexibility index (Phi) is 4.51. The van der Waals surface area contributed by atoms with E-state index in [0.29, 0.717) is 6.04 Å². The van der Waals surface area contributed by atoms with Crippen molar-refractivity contribution in [1.82, 2.24) is 0 Å². The van der Waals surface area contributed by atoms with Gasteiger partial charge in [-0.25, -0.2) is 0 Å². The molecule has 2 heteroatoms. The molecule has 0 radical (unpaired) electrons. The van der Waals surface area contributed by atoms with Crippen molar-refractivity contribution in [2.75, 3.05) is 11.9 Å². The van der Waals surface area contributed by atoms with Crippen LogP contribution in [0.1, 0.15) is 40.0 Å². The third kappa shape index (κ3) is 3.18. The Hall–Kier alpha value is -1.18. The highest BCUT2D eigenvalue weighted by atomic mass is 16.5. The fourth-order valence-electron chi connectivity index (χ4n) is 2.47. The van der Waals surface area contributed by atoms with E-state index >= 15 is 0 Å². The predicted octanol–water partition coefficient (Wildman–Crippen LogP) is 4.32. The Morgan fingerprint density at radius 2 is 2.00 bits per heavy atom. The van der Waals surface area contributed by atoms with Gasteiger partial charge >= 0.3 is 0 Å². The Bertz CT molecular complexity index is 369. The van der Waals surface area contributed by atoms with Crippen LogP contribution >= 0.6 is 0 Å². The summed E-state index contributed by atoms with van der Waals surface area (Å²) in [5.41, 5.74) is 1.15. The van der Waals surface area contributed by atoms with E-state index in [1.807, 2.05) is 6.07 Å². The van der Waals surface area contributed by atoms with E-state index < -0.39 is 0 Å². The van der Waals surface area contributed by atoms with Crippen LogP contribution in [0.5, 0.6) is 5.75 Å². The van der Waals surface area contributed by atoms with Crippen LogP contribution in [-0.2, 0) is 0 Å². The summed E-state index contributed by atoms with van der Waals surface area (Å²) < 4.78 is 5.77. The molecule has 0 aromatic heterocycles. The number of rotatable bonds is 6. The summed E-state index contributed by atoms with van der Waals surface area (Å²) in [6.45, 7) is 7.56. The monoisotopic (exact) mass is 247 g/mol. The van der Waals surface area contributed by atoms with Crippen LogP contribution in [0.15, 0.2) is 24.3 Å². The Labute approximate surface area is 111 Å². The number of nitrogens with one attached hydrogen (secondary N) is 1. The second kappa shape index (κ2) is 6.12. The molecule has 0 bridgehead atoms. The lowest BCUT2D eigenvalue weighted by molar-refractivity contribution is 0.211. The molecule has 0 spiro atoms. The molecule has 0 heterocycles. The van der Waals surface area contributed by atoms with Gasteiger partial charge in [0.05, 0.1) is 12.3 Å². The maximum atomic E-state index is 5.77. The average Bonchev–Trinajstić information content (AvgIpc) is 2.31. The molecule has 2 nitrogen and oxygen atoms in total. The normalized spacial score (nSPS) is 22.7. The third-order valence-electron chi connectivity index (χ3n) is 3.83. The van der Waals surface area contributed by atoms with Crippen LogP contribution < -0.4 is 10.1 Å². The van der Waals surface area contributed by atoms with E-state index in [0.717, 1.165) is 36.3 Å². The number of ether oxygens (including phenoxy) is 1. The van der Waals surface area contributed by atoms with Crippen molar-refractivity contribution in [3.8, 4) is 5.75 Å². The van der Waals surface area contributed by atoms with Crippen LogP contribution in [0, 0.1) is 11.8 Å². The molecule has 0 saturated heterocycles. The first-order valence-electron chi connectivity index (χ1n) is 7.19. The zero-order valence-corrected chi connectivity index (χ0v) is 11.8. The summed E-state index contributed by atoms with van der Waals surface area (Å²) in [7, 11) is 0. The first-order chi connectivity index (χ1) is 8.70. The zero-order chi connectivity index (χ0) is 13.0. The maximum Gasteiger partial charge on any atom is 0.142 e. The van der Waals surface area contributed by atoms with Gasteiger partial charge in [-0.1, -0.05) is 32.9 Å². The SMILES string of the molecule is CCCOc1ccccc1NC1CC(C(C)C)C1. The Morgan fingerprint density at radius 3 is 2.67 bits per heavy atom. The van der Waals surface area contributed by atoms with Gasteiger partial charge in [-0.3, -0.25) is 0 Å². The molecular weight excluding hydrogens is 222 g/mol. The molecule has 1 N–H and O–H groups in total. The fraction of sp³-hybridized carbons (Fsp3) is 0.625. The summed E-state index contributed by atoms with van der Waals surface area (Å²) in [4.78, 5) is 0. The van der Waals surface area contributed by atoms with Gasteiger partial charge in [0.2, 0.25) is 0 Å². The highest BCUT2D eigenvalue weighted by molar-refractivity contribution is 5.57. The van der Waals surface area contributed by atoms with Crippen LogP contribution in [-0.4, -0.2) is 12.6 Å². The van der Waals surface area contributed by atoms with Crippen molar-refractivity contribution < 1.29 is 4.74 Å². The molecular formula is C16H25NO. The van der Waals surface area contributed by atoms with Crippen LogP contribution in [0.25, 0.3) is 0 Å². The highest BCUT2D eigenvalue weighted by Crippen LogP contribution is 2.37. The van der Waals surface area contributed by atoms with Gasteiger partial charge in [0.25, 0.3) is 0 Å². The minimum atomic E-state index is 0.628. The molecule has 0 unspecified atom stereocenters. The van der Waals surface area contributed by atoms with Gasteiger partial charge in [-0.05, 0) is 43.2 Å². The molecule has 1 aliphatic rings. The standard InChI is InChI=1S/C16H25NO/c1-4-9-18-16-8-6-5-7-15(16)17-14-10-13(11-14)12(2)3/h5-8,12-14,17H,4,9-11H2,1-3H3. The second-order valence-corrected chi connectivity index (χ2v) is 5.66. The lowest BCUT2D eigenvalue weighted by Gasteiger charge is -2.39. The average molecular weight is 247 g/mol. The molecule has 1 aromatic carbocycles. The van der Waals surface area contributed by atoms with Gasteiger partial charge in [0, 0.05) is 6.04 Å². The summed E-state index contributed by atoms with van der Waals surface area (Å²) in [6, 6.07) is 8.90. The summed E-state index contributed by atoms with van der Waals surface area (Å²) in [6.07, 6.45) is 3.63.